The van der Waals surface area contributed by atoms with Crippen LogP contribution in [0.4, 0.5) is 5.69 Å². The number of carbonyl (C=O) groups excluding carboxylic acids is 2. The molecule has 224 valence electrons. The van der Waals surface area contributed by atoms with Crippen molar-refractivity contribution in [1.82, 2.24) is 10.2 Å². The van der Waals surface area contributed by atoms with Crippen molar-refractivity contribution in [1.29, 1.82) is 0 Å². The molecule has 0 fully saturated rings. The number of nitrogens with one attached hydrogen (secondary N) is 1. The second kappa shape index (κ2) is 14.4. The topological polar surface area (TPSA) is 86.8 Å². The molecule has 0 saturated carbocycles. The maximum absolute atomic E-state index is 14.3. The van der Waals surface area contributed by atoms with E-state index in [1.54, 1.807) is 12.1 Å². The largest absolute Gasteiger partial charge is 0.357 e. The average molecular weight is 703 g/mol. The summed E-state index contributed by atoms with van der Waals surface area (Å²) in [6.07, 6.45) is 0.220. The molecule has 1 N–H and O–H groups in total. The lowest BCUT2D eigenvalue weighted by atomic mass is 10.0. The van der Waals surface area contributed by atoms with E-state index in [-0.39, 0.29) is 39.5 Å². The highest BCUT2D eigenvalue weighted by Crippen LogP contribution is 2.31. The zero-order chi connectivity index (χ0) is 31.1. The molecule has 0 radical (unpaired) electrons. The summed E-state index contributed by atoms with van der Waals surface area (Å²) in [5.74, 6) is -0.957. The minimum Gasteiger partial charge on any atom is -0.357 e. The fraction of sp³-hybridized carbons (Fsp3) is 0.188. The molecule has 0 aromatic heterocycles. The van der Waals surface area contributed by atoms with Gasteiger partial charge in [-0.05, 0) is 60.5 Å². The fourth-order valence-corrected chi connectivity index (χ4v) is 6.70. The predicted octanol–water partition coefficient (Wildman–Crippen LogP) is 6.65. The van der Waals surface area contributed by atoms with Crippen LogP contribution in [0, 0.1) is 6.92 Å². The van der Waals surface area contributed by atoms with E-state index >= 15 is 0 Å². The highest BCUT2D eigenvalue weighted by atomic mass is 79.9. The maximum atomic E-state index is 14.3. The zero-order valence-corrected chi connectivity index (χ0v) is 27.4. The third kappa shape index (κ3) is 8.17. The Labute approximate surface area is 270 Å². The van der Waals surface area contributed by atoms with Crippen LogP contribution in [0.25, 0.3) is 0 Å². The first-order chi connectivity index (χ1) is 20.5. The first-order valence-electron chi connectivity index (χ1n) is 13.3. The number of benzene rings is 4. The fourth-order valence-electron chi connectivity index (χ4n) is 4.56. The normalized spacial score (nSPS) is 11.9. The van der Waals surface area contributed by atoms with E-state index in [1.807, 2.05) is 61.5 Å². The number of carbonyl (C=O) groups is 2. The number of sulfonamides is 1. The van der Waals surface area contributed by atoms with Gasteiger partial charge >= 0.3 is 0 Å². The zero-order valence-electron chi connectivity index (χ0n) is 23.5. The highest BCUT2D eigenvalue weighted by molar-refractivity contribution is 9.10. The van der Waals surface area contributed by atoms with Crippen LogP contribution in [-0.4, -0.2) is 44.8 Å². The van der Waals surface area contributed by atoms with Crippen LogP contribution in [0.1, 0.15) is 16.7 Å². The molecule has 0 heterocycles. The first-order valence-corrected chi connectivity index (χ1v) is 16.3. The molecule has 0 aliphatic carbocycles. The summed E-state index contributed by atoms with van der Waals surface area (Å²) in [6, 6.07) is 26.5. The molecule has 0 aliphatic rings. The van der Waals surface area contributed by atoms with Crippen LogP contribution >= 0.6 is 39.1 Å². The molecule has 0 aliphatic heterocycles. The van der Waals surface area contributed by atoms with Crippen LogP contribution in [-0.2, 0) is 32.6 Å². The SMILES string of the molecule is CNC(=O)C(Cc1ccccc1)N(Cc1cccc(Br)c1)C(=O)CN(c1ccc(Cl)c(Cl)c1)S(=O)(=O)c1ccc(C)cc1. The molecule has 0 bridgehead atoms. The van der Waals surface area contributed by atoms with E-state index in [0.29, 0.717) is 0 Å². The van der Waals surface area contributed by atoms with Gasteiger partial charge in [0.15, 0.2) is 0 Å². The lowest BCUT2D eigenvalue weighted by Crippen LogP contribution is -2.53. The van der Waals surface area contributed by atoms with Crippen molar-refractivity contribution in [3.05, 3.63) is 128 Å². The predicted molar refractivity (Wildman–Crippen MR) is 175 cm³/mol. The van der Waals surface area contributed by atoms with E-state index < -0.39 is 28.5 Å². The summed E-state index contributed by atoms with van der Waals surface area (Å²) in [7, 11) is -2.74. The van der Waals surface area contributed by atoms with Gasteiger partial charge in [-0.25, -0.2) is 8.42 Å². The number of likely N-dealkylation sites (N-methyl/N-ethyl adjacent to an activating group) is 1. The summed E-state index contributed by atoms with van der Waals surface area (Å²) in [6.45, 7) is 1.32. The lowest BCUT2D eigenvalue weighted by molar-refractivity contribution is -0.139. The van der Waals surface area contributed by atoms with Gasteiger partial charge in [0.1, 0.15) is 12.6 Å². The quantitative estimate of drug-likeness (QED) is 0.190. The molecule has 1 unspecified atom stereocenters. The Bertz CT molecular complexity index is 1700. The van der Waals surface area contributed by atoms with E-state index in [2.05, 4.69) is 21.2 Å². The summed E-state index contributed by atoms with van der Waals surface area (Å²) in [4.78, 5) is 29.1. The monoisotopic (exact) mass is 701 g/mol. The lowest BCUT2D eigenvalue weighted by Gasteiger charge is -2.33. The Morgan fingerprint density at radius 2 is 1.53 bits per heavy atom. The van der Waals surface area contributed by atoms with Gasteiger partial charge in [-0.1, -0.05) is 99.3 Å². The van der Waals surface area contributed by atoms with Crippen LogP contribution in [0.15, 0.2) is 106 Å². The van der Waals surface area contributed by atoms with Crippen molar-refractivity contribution in [2.45, 2.75) is 30.8 Å². The van der Waals surface area contributed by atoms with Crippen LogP contribution in [0.2, 0.25) is 10.0 Å². The Morgan fingerprint density at radius 1 is 0.860 bits per heavy atom. The molecule has 43 heavy (non-hydrogen) atoms. The molecular formula is C32H30BrCl2N3O4S. The summed E-state index contributed by atoms with van der Waals surface area (Å²) in [5.41, 5.74) is 2.64. The van der Waals surface area contributed by atoms with E-state index in [9.17, 15) is 18.0 Å². The van der Waals surface area contributed by atoms with Gasteiger partial charge in [0.2, 0.25) is 11.8 Å². The first kappa shape index (κ1) is 32.5. The van der Waals surface area contributed by atoms with Gasteiger partial charge in [0, 0.05) is 24.5 Å². The molecule has 7 nitrogen and oxygen atoms in total. The standard InChI is InChI=1S/C32H30BrCl2N3O4S/c1-22-11-14-27(15-12-22)43(41,42)38(26-13-16-28(34)29(35)19-26)21-31(39)37(20-24-9-6-10-25(33)17-24)30(32(40)36-2)18-23-7-4-3-5-8-23/h3-17,19,30H,18,20-21H2,1-2H3,(H,36,40). The molecule has 0 spiro atoms. The molecule has 4 aromatic rings. The number of anilines is 1. The Morgan fingerprint density at radius 3 is 2.16 bits per heavy atom. The van der Waals surface area contributed by atoms with E-state index in [4.69, 9.17) is 23.2 Å². The van der Waals surface area contributed by atoms with Gasteiger partial charge in [-0.2, -0.15) is 0 Å². The highest BCUT2D eigenvalue weighted by Gasteiger charge is 2.34. The number of rotatable bonds is 11. The molecular weight excluding hydrogens is 673 g/mol. The van der Waals surface area contributed by atoms with Crippen LogP contribution < -0.4 is 9.62 Å². The third-order valence-electron chi connectivity index (χ3n) is 6.84. The molecule has 4 aromatic carbocycles. The number of hydrogen-bond donors (Lipinski definition) is 1. The second-order valence-electron chi connectivity index (χ2n) is 9.89. The van der Waals surface area contributed by atoms with Crippen LogP contribution in [0.5, 0.6) is 0 Å². The molecule has 1 atom stereocenters. The Hall–Kier alpha value is -3.37. The van der Waals surface area contributed by atoms with E-state index in [0.717, 1.165) is 25.5 Å². The average Bonchev–Trinajstić information content (AvgIpc) is 2.99. The molecule has 2 amide bonds. The maximum Gasteiger partial charge on any atom is 0.264 e. The molecule has 11 heteroatoms. The van der Waals surface area contributed by atoms with Gasteiger partial charge in [-0.3, -0.25) is 13.9 Å². The molecule has 0 saturated heterocycles. The van der Waals surface area contributed by atoms with E-state index in [1.165, 1.54) is 42.3 Å². The van der Waals surface area contributed by atoms with Crippen molar-refractivity contribution < 1.29 is 18.0 Å². The van der Waals surface area contributed by atoms with Crippen molar-refractivity contribution >= 4 is 66.7 Å². The minimum absolute atomic E-state index is 0.00245. The number of amides is 2. The summed E-state index contributed by atoms with van der Waals surface area (Å²) in [5, 5.41) is 3.04. The minimum atomic E-state index is -4.24. The Balaban J connectivity index is 1.80. The van der Waals surface area contributed by atoms with Crippen LogP contribution in [0.3, 0.4) is 0 Å². The smallest absolute Gasteiger partial charge is 0.264 e. The van der Waals surface area contributed by atoms with Gasteiger partial charge < -0.3 is 10.2 Å². The van der Waals surface area contributed by atoms with Crippen molar-refractivity contribution in [2.24, 2.45) is 0 Å². The molecule has 4 rings (SSSR count). The number of hydrogen-bond acceptors (Lipinski definition) is 4. The van der Waals surface area contributed by atoms with Gasteiger partial charge in [0.25, 0.3) is 10.0 Å². The Kier molecular flexibility index (Phi) is 10.9. The summed E-state index contributed by atoms with van der Waals surface area (Å²) < 4.78 is 29.9. The van der Waals surface area contributed by atoms with Crippen molar-refractivity contribution in [2.75, 3.05) is 17.9 Å². The second-order valence-corrected chi connectivity index (χ2v) is 13.5. The number of halogens is 3. The van der Waals surface area contributed by atoms with Gasteiger partial charge in [-0.15, -0.1) is 0 Å². The third-order valence-corrected chi connectivity index (χ3v) is 9.86. The van der Waals surface area contributed by atoms with Crippen molar-refractivity contribution in [3.63, 3.8) is 0 Å². The van der Waals surface area contributed by atoms with Crippen molar-refractivity contribution in [3.8, 4) is 0 Å². The number of nitrogens with zero attached hydrogens (tertiary/aromatic N) is 2. The number of aryl methyl sites for hydroxylation is 1. The van der Waals surface area contributed by atoms with Gasteiger partial charge in [0.05, 0.1) is 20.6 Å². The summed E-state index contributed by atoms with van der Waals surface area (Å²) >= 11 is 15.9.